The Bertz CT molecular complexity index is 6110. The lowest BCUT2D eigenvalue weighted by molar-refractivity contribution is 0.656. The Morgan fingerprint density at radius 1 is 0.160 bits per heavy atom. The van der Waals surface area contributed by atoms with Crippen molar-refractivity contribution in [2.75, 3.05) is 0 Å². The Hall–Kier alpha value is -13.8. The van der Waals surface area contributed by atoms with E-state index in [1.54, 1.807) is 0 Å². The summed E-state index contributed by atoms with van der Waals surface area (Å²) in [5, 5.41) is 7.93. The van der Waals surface area contributed by atoms with Crippen LogP contribution in [-0.4, -0.2) is 39.9 Å². The van der Waals surface area contributed by atoms with Crippen molar-refractivity contribution in [3.63, 3.8) is 0 Å². The van der Waals surface area contributed by atoms with E-state index in [1.165, 1.54) is 5.56 Å². The topological polar surface area (TPSA) is 156 Å². The highest BCUT2D eigenvalue weighted by atomic mass is 16.4. The lowest BCUT2D eigenvalue weighted by atomic mass is 10.0. The number of fused-ring (bicyclic) bond motifs is 13. The summed E-state index contributed by atoms with van der Waals surface area (Å²) in [7, 11) is 0. The van der Waals surface area contributed by atoms with Gasteiger partial charge in [0, 0.05) is 93.8 Å². The van der Waals surface area contributed by atoms with Gasteiger partial charge in [-0.05, 0) is 102 Å². The highest BCUT2D eigenvalue weighted by molar-refractivity contribution is 6.23. The van der Waals surface area contributed by atoms with Crippen molar-refractivity contribution in [3.05, 3.63) is 315 Å². The maximum Gasteiger partial charge on any atom is 0.164 e. The summed E-state index contributed by atoms with van der Waals surface area (Å²) in [6.07, 6.45) is 0. The summed E-state index contributed by atoms with van der Waals surface area (Å²) in [5.41, 5.74) is 18.7. The molecule has 0 amide bonds. The first kappa shape index (κ1) is 57.6. The van der Waals surface area contributed by atoms with E-state index in [1.807, 2.05) is 218 Å². The molecule has 7 aromatic heterocycles. The normalized spacial score (nSPS) is 11.6. The Kier molecular flexibility index (Phi) is 13.9. The summed E-state index contributed by atoms with van der Waals surface area (Å²) < 4.78 is 25.7. The van der Waals surface area contributed by atoms with Crippen LogP contribution < -0.4 is 0 Å². The third-order valence-electron chi connectivity index (χ3n) is 18.3. The van der Waals surface area contributed by atoms with Crippen molar-refractivity contribution in [1.82, 2.24) is 39.9 Å². The van der Waals surface area contributed by atoms with Gasteiger partial charge in [0.2, 0.25) is 0 Å². The first-order valence-electron chi connectivity index (χ1n) is 32.9. The van der Waals surface area contributed by atoms with Gasteiger partial charge in [0.25, 0.3) is 0 Å². The maximum absolute atomic E-state index is 6.54. The van der Waals surface area contributed by atoms with E-state index in [-0.39, 0.29) is 0 Å². The number of benzene rings is 13. The van der Waals surface area contributed by atoms with Crippen LogP contribution in [0.2, 0.25) is 0 Å². The van der Waals surface area contributed by atoms with Gasteiger partial charge in [-0.3, -0.25) is 0 Å². The smallest absolute Gasteiger partial charge is 0.164 e. The van der Waals surface area contributed by atoms with E-state index in [9.17, 15) is 0 Å². The number of nitrogens with zero attached hydrogens (tertiary/aromatic N) is 8. The van der Waals surface area contributed by atoms with Crippen LogP contribution in [0.3, 0.4) is 0 Å². The predicted octanol–water partition coefficient (Wildman–Crippen LogP) is 22.8. The second-order valence-corrected chi connectivity index (χ2v) is 24.5. The summed E-state index contributed by atoms with van der Waals surface area (Å²) in [6.45, 7) is 0. The van der Waals surface area contributed by atoms with Gasteiger partial charge >= 0.3 is 0 Å². The van der Waals surface area contributed by atoms with E-state index in [4.69, 9.17) is 57.5 Å². The molecule has 0 atom stereocenters. The molecule has 12 heteroatoms. The Balaban J connectivity index is 0.000000143. The Labute approximate surface area is 570 Å². The highest BCUT2D eigenvalue weighted by Crippen LogP contribution is 2.44. The maximum atomic E-state index is 6.54. The van der Waals surface area contributed by atoms with Gasteiger partial charge < -0.3 is 17.7 Å². The van der Waals surface area contributed by atoms with E-state index in [2.05, 4.69) is 97.1 Å². The van der Waals surface area contributed by atoms with Crippen LogP contribution in [0.4, 0.5) is 0 Å². The number of hydrogen-bond donors (Lipinski definition) is 0. The predicted molar refractivity (Wildman–Crippen MR) is 399 cm³/mol. The molecule has 0 N–H and O–H groups in total. The van der Waals surface area contributed by atoms with Crippen LogP contribution in [0.1, 0.15) is 0 Å². The summed E-state index contributed by atoms with van der Waals surface area (Å²) in [6, 6.07) is 106. The van der Waals surface area contributed by atoms with E-state index < -0.39 is 0 Å². The molecule has 20 rings (SSSR count). The minimum atomic E-state index is 0.579. The van der Waals surface area contributed by atoms with Crippen molar-refractivity contribution < 1.29 is 17.7 Å². The average Bonchev–Trinajstić information content (AvgIpc) is 1.60. The van der Waals surface area contributed by atoms with Crippen LogP contribution in [0.25, 0.3) is 201 Å². The first-order chi connectivity index (χ1) is 49.5. The second-order valence-electron chi connectivity index (χ2n) is 24.5. The molecule has 20 aromatic rings. The molecular formula is C88H52N8O4. The van der Waals surface area contributed by atoms with Gasteiger partial charge in [-0.15, -0.1) is 0 Å². The fourth-order valence-corrected chi connectivity index (χ4v) is 13.3. The van der Waals surface area contributed by atoms with Gasteiger partial charge in [-0.25, -0.2) is 39.9 Å². The molecule has 0 aliphatic rings. The van der Waals surface area contributed by atoms with E-state index >= 15 is 0 Å². The van der Waals surface area contributed by atoms with Crippen LogP contribution in [0.15, 0.2) is 333 Å². The minimum Gasteiger partial charge on any atom is -0.456 e. The number of furan rings is 4. The molecule has 0 saturated carbocycles. The van der Waals surface area contributed by atoms with Crippen molar-refractivity contribution >= 4 is 87.8 Å². The van der Waals surface area contributed by atoms with Crippen LogP contribution in [0.5, 0.6) is 0 Å². The monoisotopic (exact) mass is 1280 g/mol. The molecule has 100 heavy (non-hydrogen) atoms. The molecule has 7 heterocycles. The molecule has 0 saturated heterocycles. The molecular weight excluding hydrogens is 1230 g/mol. The molecule has 0 aliphatic heterocycles. The Morgan fingerprint density at radius 2 is 0.460 bits per heavy atom. The quantitative estimate of drug-likeness (QED) is 0.128. The molecule has 12 nitrogen and oxygen atoms in total. The largest absolute Gasteiger partial charge is 0.456 e. The fourth-order valence-electron chi connectivity index (χ4n) is 13.3. The van der Waals surface area contributed by atoms with Crippen LogP contribution in [0, 0.1) is 0 Å². The molecule has 0 bridgehead atoms. The van der Waals surface area contributed by atoms with Crippen molar-refractivity contribution in [2.45, 2.75) is 0 Å². The third kappa shape index (κ3) is 10.5. The molecule has 0 aliphatic carbocycles. The van der Waals surface area contributed by atoms with Gasteiger partial charge in [0.1, 0.15) is 44.7 Å². The second kappa shape index (κ2) is 24.1. The zero-order chi connectivity index (χ0) is 66.0. The average molecular weight is 1290 g/mol. The van der Waals surface area contributed by atoms with E-state index in [0.717, 1.165) is 155 Å². The number of aromatic nitrogens is 8. The lowest BCUT2D eigenvalue weighted by Gasteiger charge is -2.09. The third-order valence-corrected chi connectivity index (χ3v) is 18.3. The minimum absolute atomic E-state index is 0.579. The number of rotatable bonds is 10. The van der Waals surface area contributed by atoms with Crippen molar-refractivity contribution in [2.24, 2.45) is 0 Å². The fraction of sp³-hybridized carbons (Fsp3) is 0. The highest BCUT2D eigenvalue weighted by Gasteiger charge is 2.22. The molecule has 0 spiro atoms. The first-order valence-corrected chi connectivity index (χ1v) is 32.9. The standard InChI is InChI=1S/C48H28N6O2.C40H24N2O2/c1-5-13-29(14-6-1)43-49-44(30-15-7-2-8-16-30)52-47(51-43)33-21-23-39-35(25-33)37-27-38-36-26-34(22-24-40(36)56-42(38)28-41(37)55-39)48-53-45(31-17-9-3-10-18-31)50-46(54-48)32-19-11-4-12-20-32;1-4-10-25(11-5-1)28-16-19-35-31(22-28)30-18-21-37-38(39(30)44-35)32-23-29(17-20-36(32)43-37)34-24-33(26-12-6-2-7-13-26)41-40(42-34)27-14-8-3-9-15-27/h1-28H;1-24H. The molecule has 468 valence electrons. The van der Waals surface area contributed by atoms with Crippen LogP contribution >= 0.6 is 0 Å². The SMILES string of the molecule is c1ccc(-c2ccc3oc4c(ccc5oc6ccc(-c7cc(-c8ccccc8)nc(-c8ccccc8)n7)cc6c54)c3c2)cc1.c1ccc(-c2nc(-c3ccccc3)nc(-c3ccc4oc5cc6oc7ccc(-c8nc(-c9ccccc9)nc(-c9ccccc9)n8)cc7c6cc5c4c3)n2)cc1. The number of hydrogen-bond acceptors (Lipinski definition) is 12. The molecule has 0 fully saturated rings. The molecule has 0 radical (unpaired) electrons. The molecule has 13 aromatic carbocycles. The van der Waals surface area contributed by atoms with Gasteiger partial charge in [-0.1, -0.05) is 218 Å². The van der Waals surface area contributed by atoms with Gasteiger partial charge in [0.05, 0.1) is 16.8 Å². The lowest BCUT2D eigenvalue weighted by Crippen LogP contribution is -2.00. The van der Waals surface area contributed by atoms with Crippen molar-refractivity contribution in [1.29, 1.82) is 0 Å². The van der Waals surface area contributed by atoms with Gasteiger partial charge in [0.15, 0.2) is 40.8 Å². The van der Waals surface area contributed by atoms with Gasteiger partial charge in [-0.2, -0.15) is 0 Å². The summed E-state index contributed by atoms with van der Waals surface area (Å²) in [5.74, 6) is 4.29. The molecule has 0 unspecified atom stereocenters. The van der Waals surface area contributed by atoms with Crippen LogP contribution in [-0.2, 0) is 0 Å². The summed E-state index contributed by atoms with van der Waals surface area (Å²) in [4.78, 5) is 39.6. The van der Waals surface area contributed by atoms with Crippen molar-refractivity contribution in [3.8, 4) is 113 Å². The summed E-state index contributed by atoms with van der Waals surface area (Å²) >= 11 is 0. The van der Waals surface area contributed by atoms with E-state index in [0.29, 0.717) is 40.8 Å². The zero-order valence-electron chi connectivity index (χ0n) is 53.2. The Morgan fingerprint density at radius 3 is 0.910 bits per heavy atom. The zero-order valence-corrected chi connectivity index (χ0v) is 53.2.